The van der Waals surface area contributed by atoms with Gasteiger partial charge in [0.05, 0.1) is 21.5 Å². The summed E-state index contributed by atoms with van der Waals surface area (Å²) in [6.45, 7) is 0. The van der Waals surface area contributed by atoms with Gasteiger partial charge in [-0.05, 0) is 12.8 Å². The lowest BCUT2D eigenvalue weighted by Crippen LogP contribution is -2.20. The summed E-state index contributed by atoms with van der Waals surface area (Å²) in [5, 5.41) is 24.3. The topological polar surface area (TPSA) is 98.3 Å². The monoisotopic (exact) mass is 319 g/mol. The van der Waals surface area contributed by atoms with E-state index < -0.39 is 38.6 Å². The number of nitrogens with zero attached hydrogens (tertiary/aromatic N) is 2. The molecule has 1 aromatic rings. The molecular weight excluding hydrogens is 307 g/mol. The van der Waals surface area contributed by atoms with Gasteiger partial charge < -0.3 is 5.32 Å². The van der Waals surface area contributed by atoms with E-state index in [1.807, 2.05) is 0 Å². The van der Waals surface area contributed by atoms with Crippen LogP contribution in [0.1, 0.15) is 31.2 Å². The summed E-state index contributed by atoms with van der Waals surface area (Å²) in [4.78, 5) is 19.6. The van der Waals surface area contributed by atoms with Gasteiger partial charge in [0, 0.05) is 12.1 Å². The molecule has 0 atom stereocenters. The van der Waals surface area contributed by atoms with E-state index >= 15 is 0 Å². The Balaban J connectivity index is 2.59. The first-order valence-corrected chi connectivity index (χ1v) is 6.50. The van der Waals surface area contributed by atoms with Crippen LogP contribution in [0.15, 0.2) is 12.1 Å². The minimum Gasteiger partial charge on any atom is -0.376 e. The molecule has 1 fully saturated rings. The van der Waals surface area contributed by atoms with Crippen molar-refractivity contribution in [1.82, 2.24) is 0 Å². The molecule has 1 N–H and O–H groups in total. The highest BCUT2D eigenvalue weighted by atomic mass is 19.4. The summed E-state index contributed by atoms with van der Waals surface area (Å²) in [7, 11) is 0. The number of non-ortho nitro benzene ring substituents is 1. The number of nitrogens with one attached hydrogen (secondary N) is 1. The Morgan fingerprint density at radius 3 is 2.14 bits per heavy atom. The van der Waals surface area contributed by atoms with Crippen molar-refractivity contribution in [2.24, 2.45) is 0 Å². The quantitative estimate of drug-likeness (QED) is 0.671. The highest BCUT2D eigenvalue weighted by Gasteiger charge is 2.40. The van der Waals surface area contributed by atoms with Gasteiger partial charge in [-0.15, -0.1) is 0 Å². The van der Waals surface area contributed by atoms with Gasteiger partial charge in [-0.1, -0.05) is 12.8 Å². The molecule has 120 valence electrons. The van der Waals surface area contributed by atoms with Crippen LogP contribution in [0.2, 0.25) is 0 Å². The predicted octanol–water partition coefficient (Wildman–Crippen LogP) is 3.88. The third kappa shape index (κ3) is 3.26. The Labute approximate surface area is 122 Å². The molecule has 0 unspecified atom stereocenters. The number of rotatable bonds is 4. The van der Waals surface area contributed by atoms with Crippen LogP contribution in [0.4, 0.5) is 30.2 Å². The van der Waals surface area contributed by atoms with Crippen molar-refractivity contribution in [1.29, 1.82) is 0 Å². The molecule has 0 saturated heterocycles. The van der Waals surface area contributed by atoms with Crippen molar-refractivity contribution in [2.45, 2.75) is 37.9 Å². The van der Waals surface area contributed by atoms with Gasteiger partial charge in [-0.25, -0.2) is 0 Å². The minimum absolute atomic E-state index is 0.304. The summed E-state index contributed by atoms with van der Waals surface area (Å²) in [6, 6.07) is 0.567. The fourth-order valence-corrected chi connectivity index (χ4v) is 2.51. The number of hydrogen-bond donors (Lipinski definition) is 1. The molecule has 0 amide bonds. The van der Waals surface area contributed by atoms with E-state index in [0.29, 0.717) is 25.0 Å². The third-order valence-electron chi connectivity index (χ3n) is 3.52. The van der Waals surface area contributed by atoms with Crippen molar-refractivity contribution in [3.05, 3.63) is 37.9 Å². The van der Waals surface area contributed by atoms with Gasteiger partial charge in [-0.3, -0.25) is 20.2 Å². The molecule has 0 bridgehead atoms. The molecule has 1 aliphatic rings. The van der Waals surface area contributed by atoms with Crippen molar-refractivity contribution < 1.29 is 23.0 Å². The Hall–Kier alpha value is -2.39. The lowest BCUT2D eigenvalue weighted by molar-refractivity contribution is -0.394. The number of benzene rings is 1. The van der Waals surface area contributed by atoms with Crippen molar-refractivity contribution >= 4 is 17.1 Å². The lowest BCUT2D eigenvalue weighted by Gasteiger charge is -2.18. The van der Waals surface area contributed by atoms with E-state index in [2.05, 4.69) is 5.32 Å². The zero-order valence-electron chi connectivity index (χ0n) is 11.2. The van der Waals surface area contributed by atoms with Crippen molar-refractivity contribution in [3.8, 4) is 0 Å². The number of nitro groups is 2. The third-order valence-corrected chi connectivity index (χ3v) is 3.52. The largest absolute Gasteiger partial charge is 0.418 e. The molecule has 2 rings (SSSR count). The fraction of sp³-hybridized carbons (Fsp3) is 0.500. The van der Waals surface area contributed by atoms with Crippen LogP contribution in [-0.4, -0.2) is 15.9 Å². The SMILES string of the molecule is O=[N+]([O-])c1cc([N+](=O)[O-])c(NC2CCCC2)c(C(F)(F)F)c1. The summed E-state index contributed by atoms with van der Waals surface area (Å²) in [6.07, 6.45) is -2.09. The average molecular weight is 319 g/mol. The van der Waals surface area contributed by atoms with E-state index in [-0.39, 0.29) is 6.04 Å². The first kappa shape index (κ1) is 16.0. The van der Waals surface area contributed by atoms with Gasteiger partial charge in [0.1, 0.15) is 5.69 Å². The second kappa shape index (κ2) is 5.78. The van der Waals surface area contributed by atoms with Gasteiger partial charge in [0.25, 0.3) is 11.4 Å². The van der Waals surface area contributed by atoms with Crippen LogP contribution in [0.3, 0.4) is 0 Å². The van der Waals surface area contributed by atoms with Crippen LogP contribution in [0, 0.1) is 20.2 Å². The first-order valence-electron chi connectivity index (χ1n) is 6.50. The van der Waals surface area contributed by atoms with Crippen molar-refractivity contribution in [3.63, 3.8) is 0 Å². The van der Waals surface area contributed by atoms with Crippen LogP contribution < -0.4 is 5.32 Å². The molecule has 0 spiro atoms. The molecule has 0 radical (unpaired) electrons. The number of nitro benzene ring substituents is 2. The van der Waals surface area contributed by atoms with E-state index in [1.165, 1.54) is 0 Å². The van der Waals surface area contributed by atoms with E-state index in [4.69, 9.17) is 0 Å². The van der Waals surface area contributed by atoms with Gasteiger partial charge in [-0.2, -0.15) is 13.2 Å². The first-order chi connectivity index (χ1) is 10.2. The normalized spacial score (nSPS) is 15.8. The Morgan fingerprint density at radius 1 is 1.09 bits per heavy atom. The second-order valence-corrected chi connectivity index (χ2v) is 5.03. The van der Waals surface area contributed by atoms with Crippen LogP contribution in [0.25, 0.3) is 0 Å². The number of alkyl halides is 3. The maximum absolute atomic E-state index is 13.1. The number of anilines is 1. The van der Waals surface area contributed by atoms with Crippen LogP contribution in [-0.2, 0) is 6.18 Å². The van der Waals surface area contributed by atoms with E-state index in [0.717, 1.165) is 12.8 Å². The molecule has 1 aliphatic carbocycles. The zero-order chi connectivity index (χ0) is 16.5. The summed E-state index contributed by atoms with van der Waals surface area (Å²) in [5.74, 6) is 0. The highest BCUT2D eigenvalue weighted by Crippen LogP contribution is 2.43. The summed E-state index contributed by atoms with van der Waals surface area (Å²) >= 11 is 0. The minimum atomic E-state index is -4.93. The fourth-order valence-electron chi connectivity index (χ4n) is 2.51. The maximum Gasteiger partial charge on any atom is 0.418 e. The van der Waals surface area contributed by atoms with Gasteiger partial charge >= 0.3 is 6.18 Å². The average Bonchev–Trinajstić information content (AvgIpc) is 2.89. The van der Waals surface area contributed by atoms with E-state index in [9.17, 15) is 33.4 Å². The predicted molar refractivity (Wildman–Crippen MR) is 70.6 cm³/mol. The Morgan fingerprint density at radius 2 is 1.68 bits per heavy atom. The standard InChI is InChI=1S/C12H12F3N3O4/c13-12(14,15)9-5-8(17(19)20)6-10(18(21)22)11(9)16-7-3-1-2-4-7/h5-7,16H,1-4H2. The molecule has 22 heavy (non-hydrogen) atoms. The number of hydrogen-bond acceptors (Lipinski definition) is 5. The molecule has 0 aromatic heterocycles. The second-order valence-electron chi connectivity index (χ2n) is 5.03. The lowest BCUT2D eigenvalue weighted by atomic mass is 10.1. The molecule has 1 aromatic carbocycles. The van der Waals surface area contributed by atoms with Crippen LogP contribution in [0.5, 0.6) is 0 Å². The summed E-state index contributed by atoms with van der Waals surface area (Å²) < 4.78 is 39.4. The molecule has 0 aliphatic heterocycles. The molecule has 7 nitrogen and oxygen atoms in total. The van der Waals surface area contributed by atoms with Crippen molar-refractivity contribution in [2.75, 3.05) is 5.32 Å². The van der Waals surface area contributed by atoms with Gasteiger partial charge in [0.15, 0.2) is 0 Å². The zero-order valence-corrected chi connectivity index (χ0v) is 11.2. The maximum atomic E-state index is 13.1. The smallest absolute Gasteiger partial charge is 0.376 e. The van der Waals surface area contributed by atoms with Gasteiger partial charge in [0.2, 0.25) is 0 Å². The molecule has 1 saturated carbocycles. The number of halogens is 3. The molecular formula is C12H12F3N3O4. The summed E-state index contributed by atoms with van der Waals surface area (Å²) in [5.41, 5.74) is -3.99. The Kier molecular flexibility index (Phi) is 4.20. The van der Waals surface area contributed by atoms with E-state index in [1.54, 1.807) is 0 Å². The highest BCUT2D eigenvalue weighted by molar-refractivity contribution is 5.71. The van der Waals surface area contributed by atoms with Crippen LogP contribution >= 0.6 is 0 Å². The Bertz CT molecular complexity index is 612. The molecule has 0 heterocycles. The molecule has 10 heteroatoms.